The van der Waals surface area contributed by atoms with Crippen LogP contribution in [0.15, 0.2) is 103 Å². The van der Waals surface area contributed by atoms with E-state index >= 15 is 0 Å². The molecule has 0 unspecified atom stereocenters. The number of carbonyl (C=O) groups is 1. The molecule has 0 aliphatic rings. The SMILES string of the molecule is COC(=O)c1ccc2nc(P(=O)(c3ccccc3)c3ccccc3)c3ccccc3c2c1. The fourth-order valence-electron chi connectivity index (χ4n) is 4.09. The molecule has 1 heterocycles. The second kappa shape index (κ2) is 8.07. The summed E-state index contributed by atoms with van der Waals surface area (Å²) in [6, 6.07) is 32.1. The maximum absolute atomic E-state index is 15.0. The maximum atomic E-state index is 15.0. The molecular weight excluding hydrogens is 417 g/mol. The predicted octanol–water partition coefficient (Wildman–Crippen LogP) is 4.81. The minimum Gasteiger partial charge on any atom is -0.465 e. The number of esters is 1. The van der Waals surface area contributed by atoms with Crippen LogP contribution in [0, 0.1) is 0 Å². The average Bonchev–Trinajstić information content (AvgIpc) is 2.88. The Balaban J connectivity index is 1.89. The van der Waals surface area contributed by atoms with E-state index in [2.05, 4.69) is 0 Å². The second-order valence-corrected chi connectivity index (χ2v) is 10.2. The zero-order valence-corrected chi connectivity index (χ0v) is 18.3. The van der Waals surface area contributed by atoms with E-state index in [9.17, 15) is 9.36 Å². The number of aromatic nitrogens is 1. The summed E-state index contributed by atoms with van der Waals surface area (Å²) in [4.78, 5) is 17.0. The van der Waals surface area contributed by atoms with Gasteiger partial charge in [-0.3, -0.25) is 0 Å². The lowest BCUT2D eigenvalue weighted by Crippen LogP contribution is -2.27. The van der Waals surface area contributed by atoms with Gasteiger partial charge in [0.25, 0.3) is 0 Å². The minimum atomic E-state index is -3.27. The highest BCUT2D eigenvalue weighted by Gasteiger charge is 2.33. The number of pyridine rings is 1. The highest BCUT2D eigenvalue weighted by Crippen LogP contribution is 2.44. The largest absolute Gasteiger partial charge is 0.465 e. The van der Waals surface area contributed by atoms with Crippen LogP contribution in [-0.2, 0) is 9.30 Å². The fraction of sp³-hybridized carbons (Fsp3) is 0.0370. The number of ether oxygens (including phenoxy) is 1. The Bertz CT molecular complexity index is 1450. The molecule has 0 saturated carbocycles. The van der Waals surface area contributed by atoms with Crippen LogP contribution in [0.4, 0.5) is 0 Å². The Morgan fingerprint density at radius 1 is 0.719 bits per heavy atom. The molecule has 5 rings (SSSR count). The minimum absolute atomic E-state index is 0.403. The van der Waals surface area contributed by atoms with Crippen molar-refractivity contribution in [2.75, 3.05) is 7.11 Å². The van der Waals surface area contributed by atoms with E-state index in [1.807, 2.05) is 84.9 Å². The molecule has 4 aromatic carbocycles. The summed E-state index contributed by atoms with van der Waals surface area (Å²) in [5.41, 5.74) is 1.68. The van der Waals surface area contributed by atoms with E-state index in [-0.39, 0.29) is 0 Å². The summed E-state index contributed by atoms with van der Waals surface area (Å²) in [7, 11) is -1.90. The van der Waals surface area contributed by atoms with Crippen molar-refractivity contribution in [1.29, 1.82) is 0 Å². The van der Waals surface area contributed by atoms with E-state index < -0.39 is 13.1 Å². The Labute approximate surface area is 185 Å². The van der Waals surface area contributed by atoms with Crippen LogP contribution in [0.2, 0.25) is 0 Å². The Morgan fingerprint density at radius 3 is 1.88 bits per heavy atom. The number of carbonyl (C=O) groups excluding carboxylic acids is 1. The van der Waals surface area contributed by atoms with Gasteiger partial charge in [0, 0.05) is 21.4 Å². The second-order valence-electron chi connectivity index (χ2n) is 7.48. The van der Waals surface area contributed by atoms with Crippen molar-refractivity contribution in [1.82, 2.24) is 4.98 Å². The van der Waals surface area contributed by atoms with E-state index in [1.165, 1.54) is 7.11 Å². The molecule has 32 heavy (non-hydrogen) atoms. The molecule has 5 aromatic rings. The summed E-state index contributed by atoms with van der Waals surface area (Å²) in [6.07, 6.45) is 0. The van der Waals surface area contributed by atoms with Crippen LogP contribution in [-0.4, -0.2) is 18.1 Å². The summed E-state index contributed by atoms with van der Waals surface area (Å²) in [6.45, 7) is 0. The third kappa shape index (κ3) is 3.21. The Morgan fingerprint density at radius 2 is 1.28 bits per heavy atom. The van der Waals surface area contributed by atoms with Gasteiger partial charge in [0.2, 0.25) is 0 Å². The zero-order valence-electron chi connectivity index (χ0n) is 17.4. The predicted molar refractivity (Wildman–Crippen MR) is 130 cm³/mol. The summed E-state index contributed by atoms with van der Waals surface area (Å²) in [5, 5.41) is 3.98. The van der Waals surface area contributed by atoms with Gasteiger partial charge in [0.1, 0.15) is 5.44 Å². The molecule has 0 aliphatic carbocycles. The van der Waals surface area contributed by atoms with E-state index in [0.717, 1.165) is 26.8 Å². The topological polar surface area (TPSA) is 56.3 Å². The van der Waals surface area contributed by atoms with Crippen LogP contribution in [0.5, 0.6) is 0 Å². The average molecular weight is 437 g/mol. The molecule has 0 amide bonds. The van der Waals surface area contributed by atoms with E-state index in [0.29, 0.717) is 16.5 Å². The van der Waals surface area contributed by atoms with Gasteiger partial charge in [0.05, 0.1) is 18.2 Å². The van der Waals surface area contributed by atoms with Gasteiger partial charge in [-0.05, 0) is 23.6 Å². The van der Waals surface area contributed by atoms with Crippen molar-refractivity contribution in [2.24, 2.45) is 0 Å². The van der Waals surface area contributed by atoms with Gasteiger partial charge in [0.15, 0.2) is 7.14 Å². The van der Waals surface area contributed by atoms with Gasteiger partial charge in [-0.2, -0.15) is 0 Å². The van der Waals surface area contributed by atoms with E-state index in [1.54, 1.807) is 18.2 Å². The van der Waals surface area contributed by atoms with E-state index in [4.69, 9.17) is 9.72 Å². The summed E-state index contributed by atoms with van der Waals surface area (Å²) in [5.74, 6) is -0.403. The third-order valence-corrected chi connectivity index (χ3v) is 8.63. The van der Waals surface area contributed by atoms with Crippen LogP contribution in [0.3, 0.4) is 0 Å². The molecule has 0 N–H and O–H groups in total. The number of fused-ring (bicyclic) bond motifs is 3. The number of methoxy groups -OCH3 is 1. The van der Waals surface area contributed by atoms with Crippen molar-refractivity contribution in [3.8, 4) is 0 Å². The summed E-state index contributed by atoms with van der Waals surface area (Å²) >= 11 is 0. The van der Waals surface area contributed by atoms with Gasteiger partial charge < -0.3 is 9.30 Å². The molecule has 0 atom stereocenters. The van der Waals surface area contributed by atoms with Crippen molar-refractivity contribution in [3.05, 3.63) is 109 Å². The quantitative estimate of drug-likeness (QED) is 0.230. The van der Waals surface area contributed by atoms with Crippen molar-refractivity contribution >= 4 is 50.8 Å². The Hall–Kier alpha value is -3.75. The monoisotopic (exact) mass is 437 g/mol. The third-order valence-electron chi connectivity index (χ3n) is 5.64. The lowest BCUT2D eigenvalue weighted by atomic mass is 10.0. The molecule has 0 aliphatic heterocycles. The maximum Gasteiger partial charge on any atom is 0.337 e. The highest BCUT2D eigenvalue weighted by molar-refractivity contribution is 7.85. The van der Waals surface area contributed by atoms with Gasteiger partial charge in [-0.25, -0.2) is 9.78 Å². The number of nitrogens with zero attached hydrogens (tertiary/aromatic N) is 1. The highest BCUT2D eigenvalue weighted by atomic mass is 31.2. The lowest BCUT2D eigenvalue weighted by Gasteiger charge is -2.21. The first-order chi connectivity index (χ1) is 15.6. The molecule has 0 fully saturated rings. The van der Waals surface area contributed by atoms with Crippen LogP contribution in [0.25, 0.3) is 21.7 Å². The summed E-state index contributed by atoms with van der Waals surface area (Å²) < 4.78 is 19.8. The smallest absolute Gasteiger partial charge is 0.337 e. The molecule has 1 aromatic heterocycles. The standard InChI is InChI=1S/C27H20NO3P/c1-31-27(29)19-16-17-25-24(18-19)22-14-8-9-15-23(22)26(28-25)32(30,20-10-4-2-5-11-20)21-12-6-3-7-13-21/h2-18H,1H3. The molecule has 156 valence electrons. The normalized spacial score (nSPS) is 11.5. The van der Waals surface area contributed by atoms with Crippen molar-refractivity contribution in [2.45, 2.75) is 0 Å². The molecule has 0 saturated heterocycles. The van der Waals surface area contributed by atoms with Crippen LogP contribution in [0.1, 0.15) is 10.4 Å². The zero-order chi connectivity index (χ0) is 22.1. The number of hydrogen-bond acceptors (Lipinski definition) is 4. The first-order valence-corrected chi connectivity index (χ1v) is 12.0. The first kappa shape index (κ1) is 20.2. The number of benzene rings is 4. The molecule has 5 heteroatoms. The number of hydrogen-bond donors (Lipinski definition) is 0. The molecule has 0 spiro atoms. The van der Waals surface area contributed by atoms with Crippen molar-refractivity contribution < 1.29 is 14.1 Å². The molecule has 0 radical (unpaired) electrons. The van der Waals surface area contributed by atoms with Gasteiger partial charge >= 0.3 is 5.97 Å². The molecular formula is C27H20NO3P. The number of rotatable bonds is 4. The molecule has 0 bridgehead atoms. The van der Waals surface area contributed by atoms with Gasteiger partial charge in [-0.15, -0.1) is 0 Å². The first-order valence-electron chi connectivity index (χ1n) is 10.3. The lowest BCUT2D eigenvalue weighted by molar-refractivity contribution is 0.0601. The van der Waals surface area contributed by atoms with Gasteiger partial charge in [-0.1, -0.05) is 84.9 Å². The fourth-order valence-corrected chi connectivity index (χ4v) is 6.84. The molecule has 4 nitrogen and oxygen atoms in total. The van der Waals surface area contributed by atoms with Crippen LogP contribution >= 0.6 is 7.14 Å². The van der Waals surface area contributed by atoms with Crippen molar-refractivity contribution in [3.63, 3.8) is 0 Å². The van der Waals surface area contributed by atoms with Crippen LogP contribution < -0.4 is 16.0 Å². The Kier molecular flexibility index (Phi) is 5.08.